The number of carbonyl (C=O) groups excluding carboxylic acids is 9. The summed E-state index contributed by atoms with van der Waals surface area (Å²) >= 11 is 0. The van der Waals surface area contributed by atoms with Gasteiger partial charge in [0.2, 0.25) is 53.2 Å². The van der Waals surface area contributed by atoms with Crippen LogP contribution in [-0.2, 0) is 47.9 Å². The van der Waals surface area contributed by atoms with Gasteiger partial charge in [0.05, 0.1) is 45.3 Å². The molecule has 0 heterocycles. The predicted molar refractivity (Wildman–Crippen MR) is 199 cm³/mol. The molecule has 0 bridgehead atoms. The lowest BCUT2D eigenvalue weighted by Gasteiger charge is -2.24. The molecule has 0 radical (unpaired) electrons. The summed E-state index contributed by atoms with van der Waals surface area (Å²) in [6.07, 6.45) is 1.18. The van der Waals surface area contributed by atoms with Crippen LogP contribution in [0.25, 0.3) is 0 Å². The Morgan fingerprint density at radius 3 is 1.39 bits per heavy atom. The van der Waals surface area contributed by atoms with Crippen LogP contribution < -0.4 is 65.1 Å². The van der Waals surface area contributed by atoms with Gasteiger partial charge in [0.1, 0.15) is 18.6 Å². The number of nitrogens with zero attached hydrogens (tertiary/aromatic N) is 1. The molecule has 0 aliphatic carbocycles. The molecule has 4 atom stereocenters. The summed E-state index contributed by atoms with van der Waals surface area (Å²) in [6, 6.07) is -3.00. The van der Waals surface area contributed by atoms with Gasteiger partial charge in [-0.3, -0.25) is 52.9 Å². The second kappa shape index (κ2) is 27.5. The van der Waals surface area contributed by atoms with Crippen molar-refractivity contribution in [2.75, 3.05) is 52.4 Å². The third-order valence-electron chi connectivity index (χ3n) is 7.56. The maximum Gasteiger partial charge on any atom is 0.322 e. The van der Waals surface area contributed by atoms with Crippen LogP contribution in [0.15, 0.2) is 4.99 Å². The van der Waals surface area contributed by atoms with E-state index in [1.165, 1.54) is 0 Å². The number of carboxylic acid groups (broad SMARTS) is 1. The molecule has 0 aromatic heterocycles. The lowest BCUT2D eigenvalue weighted by atomic mass is 9.97. The van der Waals surface area contributed by atoms with Crippen LogP contribution in [0.4, 0.5) is 0 Å². The van der Waals surface area contributed by atoms with Crippen LogP contribution >= 0.6 is 0 Å². The van der Waals surface area contributed by atoms with Crippen LogP contribution in [0.2, 0.25) is 0 Å². The van der Waals surface area contributed by atoms with E-state index >= 15 is 0 Å². The van der Waals surface area contributed by atoms with Gasteiger partial charge in [-0.15, -0.1) is 0 Å². The molecule has 0 fully saturated rings. The molecular weight excluding hydrogens is 742 g/mol. The van der Waals surface area contributed by atoms with Crippen LogP contribution in [0.1, 0.15) is 53.4 Å². The van der Waals surface area contributed by atoms with E-state index < -0.39 is 123 Å². The van der Waals surface area contributed by atoms with Crippen molar-refractivity contribution in [3.8, 4) is 0 Å². The van der Waals surface area contributed by atoms with Crippen molar-refractivity contribution in [3.05, 3.63) is 0 Å². The van der Waals surface area contributed by atoms with Gasteiger partial charge in [0.25, 0.3) is 0 Å². The molecule has 0 spiro atoms. The van der Waals surface area contributed by atoms with Crippen molar-refractivity contribution >= 4 is 65.1 Å². The molecule has 0 unspecified atom stereocenters. The van der Waals surface area contributed by atoms with E-state index in [4.69, 9.17) is 22.3 Å². The molecule has 16 N–H and O–H groups in total. The van der Waals surface area contributed by atoms with E-state index in [1.54, 1.807) is 0 Å². The van der Waals surface area contributed by atoms with Crippen LogP contribution in [-0.4, -0.2) is 141 Å². The fourth-order valence-electron chi connectivity index (χ4n) is 4.28. The minimum atomic E-state index is -1.27. The van der Waals surface area contributed by atoms with Gasteiger partial charge >= 0.3 is 5.97 Å². The van der Waals surface area contributed by atoms with E-state index in [1.807, 2.05) is 33.0 Å². The number of nitrogens with two attached hydrogens (primary N) is 3. The maximum atomic E-state index is 13.0. The number of guanidine groups is 1. The SMILES string of the molecule is CC[C@H](C)[C@H](N)C(=O)N[C@@H](CC(C)C)C(=O)NCC(=O)N[C@@H](CCCN=C(N)N)C(=O)NCC(=O)NCC(=O)NCC(=O)NCC(=O)NCC(=O)NCC(=O)O. The molecule has 9 amide bonds. The lowest BCUT2D eigenvalue weighted by Crippen LogP contribution is -2.55. The zero-order valence-electron chi connectivity index (χ0n) is 32.1. The zero-order chi connectivity index (χ0) is 42.8. The molecule has 0 aliphatic rings. The Hall–Kier alpha value is -6.07. The third-order valence-corrected chi connectivity index (χ3v) is 7.56. The summed E-state index contributed by atoms with van der Waals surface area (Å²) in [5.74, 6) is -8.13. The van der Waals surface area contributed by atoms with Gasteiger partial charge in [-0.1, -0.05) is 34.1 Å². The number of rotatable bonds is 27. The minimum absolute atomic E-state index is 0.00730. The Kier molecular flexibility index (Phi) is 24.5. The summed E-state index contributed by atoms with van der Waals surface area (Å²) < 4.78 is 0. The molecule has 0 saturated heterocycles. The van der Waals surface area contributed by atoms with Gasteiger partial charge in [-0.25, -0.2) is 0 Å². The Morgan fingerprint density at radius 1 is 0.571 bits per heavy atom. The maximum absolute atomic E-state index is 13.0. The molecule has 316 valence electrons. The fraction of sp³-hybridized carbons (Fsp3) is 0.656. The Morgan fingerprint density at radius 2 is 0.982 bits per heavy atom. The van der Waals surface area contributed by atoms with Crippen LogP contribution in [0.5, 0.6) is 0 Å². The molecule has 24 heteroatoms. The molecule has 56 heavy (non-hydrogen) atoms. The van der Waals surface area contributed by atoms with Crippen molar-refractivity contribution in [3.63, 3.8) is 0 Å². The van der Waals surface area contributed by atoms with Gasteiger partial charge in [0, 0.05) is 6.54 Å². The highest BCUT2D eigenvalue weighted by Crippen LogP contribution is 2.09. The number of aliphatic carboxylic acids is 1. The average molecular weight is 800 g/mol. The fourth-order valence-corrected chi connectivity index (χ4v) is 4.28. The topological polar surface area (TPSA) is 390 Å². The number of hydrogen-bond acceptors (Lipinski definition) is 12. The highest BCUT2D eigenvalue weighted by Gasteiger charge is 2.28. The number of aliphatic imine (C=N–C) groups is 1. The molecule has 0 aromatic carbocycles. The Labute approximate surface area is 323 Å². The van der Waals surface area contributed by atoms with Gasteiger partial charge < -0.3 is 70.2 Å². The first-order valence-corrected chi connectivity index (χ1v) is 17.8. The number of amides is 9. The van der Waals surface area contributed by atoms with Crippen LogP contribution in [0, 0.1) is 11.8 Å². The molecule has 0 saturated carbocycles. The number of carbonyl (C=O) groups is 10. The molecule has 0 rings (SSSR count). The average Bonchev–Trinajstić information content (AvgIpc) is 3.14. The quantitative estimate of drug-likeness (QED) is 0.0209. The highest BCUT2D eigenvalue weighted by molar-refractivity contribution is 5.95. The van der Waals surface area contributed by atoms with E-state index in [9.17, 15) is 47.9 Å². The van der Waals surface area contributed by atoms with Gasteiger partial charge in [-0.2, -0.15) is 0 Å². The second-order valence-electron chi connectivity index (χ2n) is 12.9. The van der Waals surface area contributed by atoms with Crippen molar-refractivity contribution in [2.45, 2.75) is 71.5 Å². The first-order valence-electron chi connectivity index (χ1n) is 17.8. The molecule has 0 aromatic rings. The number of nitrogens with one attached hydrogen (secondary N) is 9. The monoisotopic (exact) mass is 799 g/mol. The van der Waals surface area contributed by atoms with E-state index in [0.29, 0.717) is 6.42 Å². The van der Waals surface area contributed by atoms with E-state index in [-0.39, 0.29) is 43.6 Å². The van der Waals surface area contributed by atoms with Gasteiger partial charge in [-0.05, 0) is 31.1 Å². The molecule has 24 nitrogen and oxygen atoms in total. The van der Waals surface area contributed by atoms with Gasteiger partial charge in [0.15, 0.2) is 5.96 Å². The Bertz CT molecular complexity index is 1420. The van der Waals surface area contributed by atoms with Crippen molar-refractivity contribution in [1.29, 1.82) is 0 Å². The van der Waals surface area contributed by atoms with Crippen molar-refractivity contribution in [2.24, 2.45) is 34.0 Å². The smallest absolute Gasteiger partial charge is 0.322 e. The first-order chi connectivity index (χ1) is 26.2. The minimum Gasteiger partial charge on any atom is -0.480 e. The molecule has 0 aliphatic heterocycles. The van der Waals surface area contributed by atoms with E-state index in [0.717, 1.165) is 0 Å². The largest absolute Gasteiger partial charge is 0.480 e. The summed E-state index contributed by atoms with van der Waals surface area (Å²) in [4.78, 5) is 125. The Balaban J connectivity index is 4.96. The van der Waals surface area contributed by atoms with Crippen molar-refractivity contribution < 1.29 is 53.1 Å². The van der Waals surface area contributed by atoms with Crippen molar-refractivity contribution in [1.82, 2.24) is 47.9 Å². The number of hydrogen-bond donors (Lipinski definition) is 13. The standard InChI is InChI=1S/C32H57N13O11/c1-5-18(4)28(33)31(56)45-20(9-17(2)3)30(55)43-15-26(51)44-19(7-6-8-36-32(34)35)29(54)42-14-25(50)40-12-23(48)38-10-21(46)37-11-22(47)39-13-24(49)41-16-27(52)53/h17-20,28H,5-16,33H2,1-4H3,(H,37,46)(H,38,48)(H,39,47)(H,40,50)(H,41,49)(H,42,54)(H,43,55)(H,44,51)(H,45,56)(H,52,53)(H4,34,35,36)/t18-,19-,20-,28-/m0/s1. The highest BCUT2D eigenvalue weighted by atomic mass is 16.4. The molecular formula is C32H57N13O11. The summed E-state index contributed by atoms with van der Waals surface area (Å²) in [6.45, 7) is 3.50. The second-order valence-corrected chi connectivity index (χ2v) is 12.9. The van der Waals surface area contributed by atoms with Crippen LogP contribution in [0.3, 0.4) is 0 Å². The predicted octanol–water partition coefficient (Wildman–Crippen LogP) is -6.67. The third kappa shape index (κ3) is 24.3. The van der Waals surface area contributed by atoms with E-state index in [2.05, 4.69) is 47.5 Å². The number of carboxylic acids is 1. The normalized spacial score (nSPS) is 12.6. The lowest BCUT2D eigenvalue weighted by molar-refractivity contribution is -0.138. The first kappa shape index (κ1) is 49.9. The summed E-state index contributed by atoms with van der Waals surface area (Å²) in [7, 11) is 0. The summed E-state index contributed by atoms with van der Waals surface area (Å²) in [5, 5.41) is 29.2. The zero-order valence-corrected chi connectivity index (χ0v) is 32.1. The summed E-state index contributed by atoms with van der Waals surface area (Å²) in [5.41, 5.74) is 16.7.